The zero-order valence-corrected chi connectivity index (χ0v) is 19.9. The molecule has 4 rings (SSSR count). The molecule has 2 heterocycles. The summed E-state index contributed by atoms with van der Waals surface area (Å²) in [6, 6.07) is 17.8. The molecule has 34 heavy (non-hydrogen) atoms. The van der Waals surface area contributed by atoms with Gasteiger partial charge in [0.2, 0.25) is 0 Å². The van der Waals surface area contributed by atoms with E-state index in [2.05, 4.69) is 13.0 Å². The van der Waals surface area contributed by atoms with Crippen LogP contribution in [0.15, 0.2) is 53.3 Å². The molecule has 1 fully saturated rings. The van der Waals surface area contributed by atoms with E-state index in [4.69, 9.17) is 9.72 Å². The third kappa shape index (κ3) is 5.11. The van der Waals surface area contributed by atoms with E-state index in [0.717, 1.165) is 35.2 Å². The van der Waals surface area contributed by atoms with E-state index in [1.54, 1.807) is 4.57 Å². The summed E-state index contributed by atoms with van der Waals surface area (Å²) in [6.07, 6.45) is 3.13. The van der Waals surface area contributed by atoms with Gasteiger partial charge in [-0.1, -0.05) is 55.8 Å². The number of aliphatic hydroxyl groups is 1. The van der Waals surface area contributed by atoms with E-state index < -0.39 is 5.60 Å². The average molecular weight is 458 g/mol. The van der Waals surface area contributed by atoms with Crippen molar-refractivity contribution < 1.29 is 9.84 Å². The van der Waals surface area contributed by atoms with Gasteiger partial charge in [-0.3, -0.25) is 9.36 Å². The molecular formula is C28H31N3O3. The average Bonchev–Trinajstić information content (AvgIpc) is 2.85. The molecule has 6 heteroatoms. The highest BCUT2D eigenvalue weighted by Gasteiger charge is 2.31. The Hall–Kier alpha value is -3.27. The standard InChI is InChI=1S/C28H31N3O3/c1-3-6-26-25(27(32)31(20(2)30-26)19-28(33)13-15-34-16-14-28)17-21-9-11-22(12-10-21)24-8-5-4-7-23(24)18-29/h4-5,7-12,33H,3,6,13-17,19H2,1-2H3. The second kappa shape index (κ2) is 10.3. The first kappa shape index (κ1) is 23.9. The zero-order valence-electron chi connectivity index (χ0n) is 19.9. The first-order chi connectivity index (χ1) is 16.4. The van der Waals surface area contributed by atoms with E-state index in [-0.39, 0.29) is 12.1 Å². The summed E-state index contributed by atoms with van der Waals surface area (Å²) in [5.74, 6) is 0.639. The molecule has 0 saturated carbocycles. The summed E-state index contributed by atoms with van der Waals surface area (Å²) in [7, 11) is 0. The van der Waals surface area contributed by atoms with Crippen molar-refractivity contribution in [1.29, 1.82) is 5.26 Å². The van der Waals surface area contributed by atoms with Crippen LogP contribution < -0.4 is 5.56 Å². The normalized spacial score (nSPS) is 15.1. The molecule has 1 aromatic heterocycles. The minimum Gasteiger partial charge on any atom is -0.388 e. The molecule has 0 amide bonds. The number of benzene rings is 2. The summed E-state index contributed by atoms with van der Waals surface area (Å²) in [6.45, 7) is 5.16. The van der Waals surface area contributed by atoms with Crippen molar-refractivity contribution in [2.45, 2.75) is 58.1 Å². The van der Waals surface area contributed by atoms with Crippen molar-refractivity contribution in [2.75, 3.05) is 13.2 Å². The minimum atomic E-state index is -0.951. The Labute approximate surface area is 200 Å². The molecule has 0 unspecified atom stereocenters. The summed E-state index contributed by atoms with van der Waals surface area (Å²) >= 11 is 0. The number of rotatable bonds is 7. The number of hydrogen-bond donors (Lipinski definition) is 1. The lowest BCUT2D eigenvalue weighted by Gasteiger charge is -2.33. The molecule has 2 aromatic carbocycles. The van der Waals surface area contributed by atoms with Crippen LogP contribution in [0.1, 0.15) is 54.4 Å². The van der Waals surface area contributed by atoms with E-state index in [0.29, 0.717) is 49.4 Å². The first-order valence-electron chi connectivity index (χ1n) is 11.9. The van der Waals surface area contributed by atoms with Gasteiger partial charge in [0.15, 0.2) is 0 Å². The van der Waals surface area contributed by atoms with Crippen LogP contribution in [0.2, 0.25) is 0 Å². The highest BCUT2D eigenvalue weighted by molar-refractivity contribution is 5.70. The number of nitriles is 1. The van der Waals surface area contributed by atoms with Gasteiger partial charge in [0, 0.05) is 38.0 Å². The van der Waals surface area contributed by atoms with Crippen molar-refractivity contribution in [3.8, 4) is 17.2 Å². The summed E-state index contributed by atoms with van der Waals surface area (Å²) in [5.41, 5.74) is 4.01. The first-order valence-corrected chi connectivity index (χ1v) is 11.9. The number of aryl methyl sites for hydroxylation is 2. The van der Waals surface area contributed by atoms with E-state index >= 15 is 0 Å². The Morgan fingerprint density at radius 1 is 1.15 bits per heavy atom. The van der Waals surface area contributed by atoms with Gasteiger partial charge in [0.25, 0.3) is 5.56 Å². The minimum absolute atomic E-state index is 0.0743. The van der Waals surface area contributed by atoms with Gasteiger partial charge >= 0.3 is 0 Å². The zero-order chi connectivity index (χ0) is 24.1. The maximum Gasteiger partial charge on any atom is 0.257 e. The molecule has 0 bridgehead atoms. The maximum absolute atomic E-state index is 13.6. The van der Waals surface area contributed by atoms with Crippen LogP contribution in [0.3, 0.4) is 0 Å². The number of aromatic nitrogens is 2. The fourth-order valence-corrected chi connectivity index (χ4v) is 4.61. The molecule has 0 spiro atoms. The van der Waals surface area contributed by atoms with Crippen LogP contribution in [0.4, 0.5) is 0 Å². The van der Waals surface area contributed by atoms with Crippen molar-refractivity contribution in [1.82, 2.24) is 9.55 Å². The Balaban J connectivity index is 1.66. The fraction of sp³-hybridized carbons (Fsp3) is 0.393. The number of hydrogen-bond acceptors (Lipinski definition) is 5. The monoisotopic (exact) mass is 457 g/mol. The smallest absolute Gasteiger partial charge is 0.257 e. The highest BCUT2D eigenvalue weighted by Crippen LogP contribution is 2.25. The molecule has 0 aliphatic carbocycles. The Bertz CT molecular complexity index is 1250. The van der Waals surface area contributed by atoms with Crippen LogP contribution >= 0.6 is 0 Å². The molecule has 3 aromatic rings. The van der Waals surface area contributed by atoms with Gasteiger partial charge < -0.3 is 9.84 Å². The molecule has 0 radical (unpaired) electrons. The predicted molar refractivity (Wildman–Crippen MR) is 132 cm³/mol. The highest BCUT2D eigenvalue weighted by atomic mass is 16.5. The maximum atomic E-state index is 13.6. The van der Waals surface area contributed by atoms with Gasteiger partial charge in [0.1, 0.15) is 5.82 Å². The quantitative estimate of drug-likeness (QED) is 0.575. The van der Waals surface area contributed by atoms with E-state index in [9.17, 15) is 15.2 Å². The van der Waals surface area contributed by atoms with Crippen LogP contribution in [0.5, 0.6) is 0 Å². The van der Waals surface area contributed by atoms with Crippen LogP contribution in [-0.2, 0) is 24.1 Å². The van der Waals surface area contributed by atoms with Gasteiger partial charge in [0.05, 0.1) is 29.5 Å². The van der Waals surface area contributed by atoms with Crippen molar-refractivity contribution in [2.24, 2.45) is 0 Å². The lowest BCUT2D eigenvalue weighted by molar-refractivity contribution is -0.0737. The fourth-order valence-electron chi connectivity index (χ4n) is 4.61. The Morgan fingerprint density at radius 2 is 1.85 bits per heavy atom. The largest absolute Gasteiger partial charge is 0.388 e. The van der Waals surface area contributed by atoms with Crippen molar-refractivity contribution >= 4 is 0 Å². The van der Waals surface area contributed by atoms with Crippen molar-refractivity contribution in [3.63, 3.8) is 0 Å². The SMILES string of the molecule is CCCc1nc(C)n(CC2(O)CCOCC2)c(=O)c1Cc1ccc(-c2ccccc2C#N)cc1. The van der Waals surface area contributed by atoms with Crippen LogP contribution in [0.25, 0.3) is 11.1 Å². The third-order valence-corrected chi connectivity index (χ3v) is 6.60. The van der Waals surface area contributed by atoms with Crippen molar-refractivity contribution in [3.05, 3.63) is 87.1 Å². The van der Waals surface area contributed by atoms with Crippen LogP contribution in [0, 0.1) is 18.3 Å². The molecule has 1 aliphatic rings. The Kier molecular flexibility index (Phi) is 7.26. The summed E-state index contributed by atoms with van der Waals surface area (Å²) in [4.78, 5) is 18.4. The van der Waals surface area contributed by atoms with Gasteiger partial charge in [-0.05, 0) is 36.1 Å². The third-order valence-electron chi connectivity index (χ3n) is 6.60. The topological polar surface area (TPSA) is 88.1 Å². The lowest BCUT2D eigenvalue weighted by Crippen LogP contribution is -2.44. The molecule has 1 N–H and O–H groups in total. The molecule has 1 saturated heterocycles. The van der Waals surface area contributed by atoms with Gasteiger partial charge in [-0.15, -0.1) is 0 Å². The summed E-state index contributed by atoms with van der Waals surface area (Å²) < 4.78 is 7.03. The summed E-state index contributed by atoms with van der Waals surface area (Å²) in [5, 5.41) is 20.4. The molecule has 6 nitrogen and oxygen atoms in total. The molecular weight excluding hydrogens is 426 g/mol. The number of ether oxygens (including phenoxy) is 1. The van der Waals surface area contributed by atoms with Crippen LogP contribution in [-0.4, -0.2) is 33.5 Å². The second-order valence-corrected chi connectivity index (χ2v) is 9.09. The predicted octanol–water partition coefficient (Wildman–Crippen LogP) is 4.18. The second-order valence-electron chi connectivity index (χ2n) is 9.09. The van der Waals surface area contributed by atoms with E-state index in [1.165, 1.54) is 0 Å². The Morgan fingerprint density at radius 3 is 2.53 bits per heavy atom. The van der Waals surface area contributed by atoms with Gasteiger partial charge in [-0.25, -0.2) is 4.98 Å². The van der Waals surface area contributed by atoms with E-state index in [1.807, 2.05) is 55.5 Å². The lowest BCUT2D eigenvalue weighted by atomic mass is 9.94. The number of nitrogens with zero attached hydrogens (tertiary/aromatic N) is 3. The van der Waals surface area contributed by atoms with Gasteiger partial charge in [-0.2, -0.15) is 5.26 Å². The molecule has 1 aliphatic heterocycles. The molecule has 176 valence electrons. The molecule has 0 atom stereocenters.